The van der Waals surface area contributed by atoms with Gasteiger partial charge in [0.25, 0.3) is 0 Å². The van der Waals surface area contributed by atoms with Crippen LogP contribution in [-0.4, -0.2) is 30.2 Å². The summed E-state index contributed by atoms with van der Waals surface area (Å²) >= 11 is 0. The molecule has 2 N–H and O–H groups in total. The molecule has 19 heavy (non-hydrogen) atoms. The number of carbonyl (C=O) groups excluding carboxylic acids is 1. The first-order valence-corrected chi connectivity index (χ1v) is 5.96. The smallest absolute Gasteiger partial charge is 0.335 e. The molecule has 1 aliphatic rings. The maximum atomic E-state index is 13.5. The van der Waals surface area contributed by atoms with Gasteiger partial charge >= 0.3 is 5.97 Å². The van der Waals surface area contributed by atoms with E-state index < -0.39 is 11.8 Å². The molecule has 1 aliphatic heterocycles. The van der Waals surface area contributed by atoms with Crippen molar-refractivity contribution >= 4 is 17.6 Å². The predicted molar refractivity (Wildman–Crippen MR) is 65.5 cm³/mol. The van der Waals surface area contributed by atoms with Gasteiger partial charge in [-0.1, -0.05) is 0 Å². The minimum absolute atomic E-state index is 0.0686. The van der Waals surface area contributed by atoms with Crippen LogP contribution in [0.2, 0.25) is 0 Å². The van der Waals surface area contributed by atoms with E-state index in [0.717, 1.165) is 24.6 Å². The number of benzene rings is 1. The van der Waals surface area contributed by atoms with Gasteiger partial charge in [0.2, 0.25) is 5.91 Å². The molecule has 1 aromatic rings. The minimum atomic E-state index is -1.17. The number of carboxylic acids is 1. The van der Waals surface area contributed by atoms with E-state index in [0.29, 0.717) is 13.2 Å². The second kappa shape index (κ2) is 5.79. The molecular weight excluding hydrogens is 253 g/mol. The van der Waals surface area contributed by atoms with Gasteiger partial charge < -0.3 is 15.2 Å². The SMILES string of the molecule is O=C(CC1CCOC1)Nc1cc(C(=O)O)ccc1F. The number of amides is 1. The Morgan fingerprint density at radius 2 is 2.26 bits per heavy atom. The Bertz CT molecular complexity index is 497. The van der Waals surface area contributed by atoms with Crippen LogP contribution in [0.15, 0.2) is 18.2 Å². The molecule has 1 atom stereocenters. The Hall–Kier alpha value is -1.95. The van der Waals surface area contributed by atoms with Gasteiger partial charge in [-0.05, 0) is 30.5 Å². The summed E-state index contributed by atoms with van der Waals surface area (Å²) in [6.07, 6.45) is 1.06. The summed E-state index contributed by atoms with van der Waals surface area (Å²) in [6, 6.07) is 3.29. The van der Waals surface area contributed by atoms with Crippen LogP contribution in [0.1, 0.15) is 23.2 Å². The lowest BCUT2D eigenvalue weighted by Gasteiger charge is -2.10. The van der Waals surface area contributed by atoms with Gasteiger partial charge in [0.1, 0.15) is 5.82 Å². The molecular formula is C13H14FNO4. The molecule has 0 radical (unpaired) electrons. The number of hydrogen-bond donors (Lipinski definition) is 2. The fourth-order valence-electron chi connectivity index (χ4n) is 1.96. The molecule has 1 fully saturated rings. The Morgan fingerprint density at radius 3 is 2.89 bits per heavy atom. The highest BCUT2D eigenvalue weighted by Crippen LogP contribution is 2.20. The van der Waals surface area contributed by atoms with Gasteiger partial charge in [-0.15, -0.1) is 0 Å². The average molecular weight is 267 g/mol. The largest absolute Gasteiger partial charge is 0.478 e. The van der Waals surface area contributed by atoms with E-state index >= 15 is 0 Å². The van der Waals surface area contributed by atoms with Crippen LogP contribution < -0.4 is 5.32 Å². The van der Waals surface area contributed by atoms with Crippen LogP contribution in [0.25, 0.3) is 0 Å². The Labute approximate surface area is 109 Å². The van der Waals surface area contributed by atoms with Crippen molar-refractivity contribution in [3.63, 3.8) is 0 Å². The standard InChI is InChI=1S/C13H14FNO4/c14-10-2-1-9(13(17)18)6-11(10)15-12(16)5-8-3-4-19-7-8/h1-2,6,8H,3-5,7H2,(H,15,16)(H,17,18). The normalized spacial score (nSPS) is 18.3. The van der Waals surface area contributed by atoms with E-state index in [1.807, 2.05) is 0 Å². The fourth-order valence-corrected chi connectivity index (χ4v) is 1.96. The van der Waals surface area contributed by atoms with Crippen LogP contribution >= 0.6 is 0 Å². The van der Waals surface area contributed by atoms with Crippen LogP contribution in [0.3, 0.4) is 0 Å². The average Bonchev–Trinajstić information content (AvgIpc) is 2.84. The van der Waals surface area contributed by atoms with Gasteiger partial charge in [0.15, 0.2) is 0 Å². The summed E-state index contributed by atoms with van der Waals surface area (Å²) in [5.74, 6) is -2.01. The minimum Gasteiger partial charge on any atom is -0.478 e. The van der Waals surface area contributed by atoms with Gasteiger partial charge in [0.05, 0.1) is 11.3 Å². The molecule has 102 valence electrons. The number of ether oxygens (including phenoxy) is 1. The molecule has 5 nitrogen and oxygen atoms in total. The number of halogens is 1. The monoisotopic (exact) mass is 267 g/mol. The van der Waals surface area contributed by atoms with Gasteiger partial charge in [-0.2, -0.15) is 0 Å². The van der Waals surface area contributed by atoms with Gasteiger partial charge in [-0.25, -0.2) is 9.18 Å². The second-order valence-corrected chi connectivity index (χ2v) is 4.48. The highest BCUT2D eigenvalue weighted by molar-refractivity contribution is 5.94. The summed E-state index contributed by atoms with van der Waals surface area (Å²) < 4.78 is 18.6. The highest BCUT2D eigenvalue weighted by Gasteiger charge is 2.20. The molecule has 6 heteroatoms. The van der Waals surface area contributed by atoms with E-state index in [1.54, 1.807) is 0 Å². The molecule has 1 amide bonds. The molecule has 2 rings (SSSR count). The maximum Gasteiger partial charge on any atom is 0.335 e. The van der Waals surface area contributed by atoms with Crippen molar-refractivity contribution < 1.29 is 23.8 Å². The summed E-state index contributed by atoms with van der Waals surface area (Å²) in [5.41, 5.74) is -0.176. The molecule has 1 unspecified atom stereocenters. The topological polar surface area (TPSA) is 75.6 Å². The van der Waals surface area contributed by atoms with Crippen molar-refractivity contribution in [1.82, 2.24) is 0 Å². The van der Waals surface area contributed by atoms with E-state index in [2.05, 4.69) is 5.32 Å². The quantitative estimate of drug-likeness (QED) is 0.873. The van der Waals surface area contributed by atoms with E-state index in [1.165, 1.54) is 0 Å². The Morgan fingerprint density at radius 1 is 1.47 bits per heavy atom. The van der Waals surface area contributed by atoms with Crippen LogP contribution in [0, 0.1) is 11.7 Å². The molecule has 0 saturated carbocycles. The zero-order valence-corrected chi connectivity index (χ0v) is 10.2. The van der Waals surface area contributed by atoms with Crippen LogP contribution in [-0.2, 0) is 9.53 Å². The molecule has 0 spiro atoms. The van der Waals surface area contributed by atoms with E-state index in [-0.39, 0.29) is 29.5 Å². The van der Waals surface area contributed by atoms with Gasteiger partial charge in [0, 0.05) is 19.6 Å². The van der Waals surface area contributed by atoms with Crippen molar-refractivity contribution in [2.75, 3.05) is 18.5 Å². The lowest BCUT2D eigenvalue weighted by molar-refractivity contribution is -0.117. The number of hydrogen-bond acceptors (Lipinski definition) is 3. The first-order valence-electron chi connectivity index (χ1n) is 5.96. The summed E-state index contributed by atoms with van der Waals surface area (Å²) in [7, 11) is 0. The molecule has 1 aromatic carbocycles. The first kappa shape index (κ1) is 13.5. The summed E-state index contributed by atoms with van der Waals surface area (Å²) in [5, 5.41) is 11.2. The highest BCUT2D eigenvalue weighted by atomic mass is 19.1. The number of carboxylic acid groups (broad SMARTS) is 1. The van der Waals surface area contributed by atoms with Crippen LogP contribution in [0.4, 0.5) is 10.1 Å². The first-order chi connectivity index (χ1) is 9.06. The number of aromatic carboxylic acids is 1. The molecule has 0 aromatic heterocycles. The third-order valence-corrected chi connectivity index (χ3v) is 2.99. The van der Waals surface area contributed by atoms with Crippen molar-refractivity contribution in [3.8, 4) is 0 Å². The van der Waals surface area contributed by atoms with Crippen molar-refractivity contribution in [3.05, 3.63) is 29.6 Å². The zero-order chi connectivity index (χ0) is 13.8. The summed E-state index contributed by atoms with van der Waals surface area (Å²) in [6.45, 7) is 1.17. The predicted octanol–water partition coefficient (Wildman–Crippen LogP) is 1.89. The van der Waals surface area contributed by atoms with Crippen molar-refractivity contribution in [1.29, 1.82) is 0 Å². The Balaban J connectivity index is 2.02. The van der Waals surface area contributed by atoms with Crippen molar-refractivity contribution in [2.24, 2.45) is 5.92 Å². The van der Waals surface area contributed by atoms with E-state index in [9.17, 15) is 14.0 Å². The summed E-state index contributed by atoms with van der Waals surface area (Å²) in [4.78, 5) is 22.5. The lowest BCUT2D eigenvalue weighted by atomic mass is 10.0. The molecule has 0 bridgehead atoms. The molecule has 0 aliphatic carbocycles. The third kappa shape index (κ3) is 3.51. The fraction of sp³-hybridized carbons (Fsp3) is 0.385. The van der Waals surface area contributed by atoms with E-state index in [4.69, 9.17) is 9.84 Å². The zero-order valence-electron chi connectivity index (χ0n) is 10.2. The third-order valence-electron chi connectivity index (χ3n) is 2.99. The molecule has 1 saturated heterocycles. The van der Waals surface area contributed by atoms with Crippen molar-refractivity contribution in [2.45, 2.75) is 12.8 Å². The number of anilines is 1. The number of rotatable bonds is 4. The second-order valence-electron chi connectivity index (χ2n) is 4.48. The number of carbonyl (C=O) groups is 2. The maximum absolute atomic E-state index is 13.5. The lowest BCUT2D eigenvalue weighted by Crippen LogP contribution is -2.17. The van der Waals surface area contributed by atoms with Crippen LogP contribution in [0.5, 0.6) is 0 Å². The van der Waals surface area contributed by atoms with Gasteiger partial charge in [-0.3, -0.25) is 4.79 Å². The number of nitrogens with one attached hydrogen (secondary N) is 1. The Kier molecular flexibility index (Phi) is 4.11. The molecule has 1 heterocycles.